The van der Waals surface area contributed by atoms with E-state index in [0.29, 0.717) is 22.0 Å². The number of aromatic nitrogens is 2. The molecule has 0 atom stereocenters. The summed E-state index contributed by atoms with van der Waals surface area (Å²) in [7, 11) is 0. The summed E-state index contributed by atoms with van der Waals surface area (Å²) in [4.78, 5) is 30.9. The molecular formula is C26H23N3O4S. The van der Waals surface area contributed by atoms with E-state index < -0.39 is 0 Å². The molecule has 0 unspecified atom stereocenters. The second-order valence-electron chi connectivity index (χ2n) is 8.25. The summed E-state index contributed by atoms with van der Waals surface area (Å²) < 4.78 is 12.8. The number of anilines is 1. The van der Waals surface area contributed by atoms with Crippen molar-refractivity contribution in [2.75, 3.05) is 11.1 Å². The molecule has 0 bridgehead atoms. The summed E-state index contributed by atoms with van der Waals surface area (Å²) in [6, 6.07) is 15.0. The first-order valence-corrected chi connectivity index (χ1v) is 11.8. The number of hydrogen-bond acceptors (Lipinski definition) is 6. The summed E-state index contributed by atoms with van der Waals surface area (Å²) in [5.41, 5.74) is 4.94. The molecule has 34 heavy (non-hydrogen) atoms. The van der Waals surface area contributed by atoms with Crippen molar-refractivity contribution in [3.8, 4) is 0 Å². The molecule has 8 heteroatoms. The van der Waals surface area contributed by atoms with Gasteiger partial charge in [0.2, 0.25) is 11.5 Å². The number of nitrogens with zero attached hydrogens (tertiary/aromatic N) is 2. The number of nitrogens with one attached hydrogen (secondary N) is 1. The van der Waals surface area contributed by atoms with Crippen LogP contribution in [-0.2, 0) is 11.3 Å². The maximum atomic E-state index is 13.4. The van der Waals surface area contributed by atoms with Gasteiger partial charge in [-0.2, -0.15) is 0 Å². The second-order valence-corrected chi connectivity index (χ2v) is 9.19. The molecule has 3 heterocycles. The topological polar surface area (TPSA) is 90.3 Å². The van der Waals surface area contributed by atoms with Gasteiger partial charge in [0.15, 0.2) is 5.16 Å². The highest BCUT2D eigenvalue weighted by molar-refractivity contribution is 7.99. The molecular weight excluding hydrogens is 450 g/mol. The minimum atomic E-state index is -0.314. The molecule has 5 rings (SSSR count). The van der Waals surface area contributed by atoms with Crippen molar-refractivity contribution in [2.45, 2.75) is 32.5 Å². The number of para-hydroxylation sites is 1. The van der Waals surface area contributed by atoms with Crippen LogP contribution in [0.3, 0.4) is 0 Å². The summed E-state index contributed by atoms with van der Waals surface area (Å²) in [5, 5.41) is 4.19. The van der Waals surface area contributed by atoms with Gasteiger partial charge in [-0.3, -0.25) is 14.2 Å². The van der Waals surface area contributed by atoms with Gasteiger partial charge >= 0.3 is 0 Å². The number of carbonyl (C=O) groups excluding carboxylic acids is 1. The Kier molecular flexibility index (Phi) is 5.75. The number of carbonyl (C=O) groups is 1. The lowest BCUT2D eigenvalue weighted by Crippen LogP contribution is -2.24. The van der Waals surface area contributed by atoms with E-state index >= 15 is 0 Å². The van der Waals surface area contributed by atoms with E-state index in [0.717, 1.165) is 27.8 Å². The fourth-order valence-electron chi connectivity index (χ4n) is 4.14. The molecule has 7 nitrogen and oxygen atoms in total. The van der Waals surface area contributed by atoms with Crippen LogP contribution in [0.1, 0.15) is 22.5 Å². The van der Waals surface area contributed by atoms with Crippen molar-refractivity contribution in [3.63, 3.8) is 0 Å². The van der Waals surface area contributed by atoms with Gasteiger partial charge in [-0.1, -0.05) is 41.6 Å². The molecule has 1 N–H and O–H groups in total. The molecule has 0 saturated heterocycles. The van der Waals surface area contributed by atoms with Gasteiger partial charge < -0.3 is 14.2 Å². The van der Waals surface area contributed by atoms with Crippen LogP contribution < -0.4 is 10.9 Å². The molecule has 2 aromatic carbocycles. The Hall–Kier alpha value is -3.78. The highest BCUT2D eigenvalue weighted by Crippen LogP contribution is 2.28. The van der Waals surface area contributed by atoms with E-state index in [1.807, 2.05) is 51.1 Å². The lowest BCUT2D eigenvalue weighted by atomic mass is 10.1. The molecule has 1 amide bonds. The molecule has 0 spiro atoms. The van der Waals surface area contributed by atoms with E-state index in [2.05, 4.69) is 5.32 Å². The number of amides is 1. The lowest BCUT2D eigenvalue weighted by Gasteiger charge is -2.13. The minimum Gasteiger partial charge on any atom is -0.467 e. The maximum absolute atomic E-state index is 13.4. The van der Waals surface area contributed by atoms with E-state index in [-0.39, 0.29) is 29.3 Å². The zero-order valence-corrected chi connectivity index (χ0v) is 19.9. The third-order valence-electron chi connectivity index (χ3n) is 5.61. The van der Waals surface area contributed by atoms with Gasteiger partial charge in [0.1, 0.15) is 16.9 Å². The minimum absolute atomic E-state index is 0.0959. The fraction of sp³-hybridized carbons (Fsp3) is 0.192. The second kappa shape index (κ2) is 8.87. The first-order chi connectivity index (χ1) is 16.4. The predicted molar refractivity (Wildman–Crippen MR) is 134 cm³/mol. The van der Waals surface area contributed by atoms with Crippen LogP contribution in [0.25, 0.3) is 22.1 Å². The molecule has 172 valence electrons. The molecule has 5 aromatic rings. The number of hydrogen-bond donors (Lipinski definition) is 1. The smallest absolute Gasteiger partial charge is 0.298 e. The average Bonchev–Trinajstić information content (AvgIpc) is 3.45. The number of fused-ring (bicyclic) bond motifs is 3. The number of aryl methyl sites for hydroxylation is 3. The van der Waals surface area contributed by atoms with Crippen LogP contribution in [0.4, 0.5) is 5.69 Å². The Morgan fingerprint density at radius 2 is 1.85 bits per heavy atom. The summed E-state index contributed by atoms with van der Waals surface area (Å²) in [6.07, 6.45) is 1.56. The molecule has 0 saturated carbocycles. The number of benzene rings is 2. The molecule has 0 aliphatic carbocycles. The quantitative estimate of drug-likeness (QED) is 0.261. The highest BCUT2D eigenvalue weighted by atomic mass is 32.2. The van der Waals surface area contributed by atoms with Crippen molar-refractivity contribution in [2.24, 2.45) is 0 Å². The van der Waals surface area contributed by atoms with Crippen molar-refractivity contribution in [3.05, 3.63) is 87.6 Å². The van der Waals surface area contributed by atoms with Gasteiger partial charge in [0, 0.05) is 11.1 Å². The lowest BCUT2D eigenvalue weighted by molar-refractivity contribution is -0.113. The first-order valence-electron chi connectivity index (χ1n) is 10.9. The normalized spacial score (nSPS) is 11.4. The SMILES string of the molecule is Cc1cc(C)c(NC(=O)CSc2nc3c(oc4ccccc43)c(=O)n2Cc2ccco2)c(C)c1. The zero-order valence-electron chi connectivity index (χ0n) is 19.0. The Labute approximate surface area is 199 Å². The Morgan fingerprint density at radius 3 is 2.59 bits per heavy atom. The van der Waals surface area contributed by atoms with E-state index in [4.69, 9.17) is 13.8 Å². The zero-order chi connectivity index (χ0) is 23.8. The van der Waals surface area contributed by atoms with Gasteiger partial charge in [0.25, 0.3) is 5.56 Å². The van der Waals surface area contributed by atoms with Crippen molar-refractivity contribution < 1.29 is 13.6 Å². The van der Waals surface area contributed by atoms with Gasteiger partial charge in [-0.05, 0) is 56.2 Å². The van der Waals surface area contributed by atoms with Gasteiger partial charge in [-0.25, -0.2) is 4.98 Å². The van der Waals surface area contributed by atoms with Crippen molar-refractivity contribution >= 4 is 45.4 Å². The van der Waals surface area contributed by atoms with Crippen molar-refractivity contribution in [1.29, 1.82) is 0 Å². The largest absolute Gasteiger partial charge is 0.467 e. The van der Waals surface area contributed by atoms with Crippen LogP contribution in [0.5, 0.6) is 0 Å². The number of rotatable bonds is 6. The first kappa shape index (κ1) is 22.0. The number of thioether (sulfide) groups is 1. The van der Waals surface area contributed by atoms with E-state index in [1.165, 1.54) is 16.3 Å². The Bertz CT molecular complexity index is 1560. The summed E-state index contributed by atoms with van der Waals surface area (Å²) in [6.45, 7) is 6.17. The van der Waals surface area contributed by atoms with Crippen LogP contribution in [0, 0.1) is 20.8 Å². The van der Waals surface area contributed by atoms with E-state index in [1.54, 1.807) is 24.5 Å². The summed E-state index contributed by atoms with van der Waals surface area (Å²) >= 11 is 1.21. The number of furan rings is 2. The van der Waals surface area contributed by atoms with Crippen LogP contribution >= 0.6 is 11.8 Å². The monoisotopic (exact) mass is 473 g/mol. The molecule has 0 aliphatic heterocycles. The average molecular weight is 474 g/mol. The van der Waals surface area contributed by atoms with E-state index in [9.17, 15) is 9.59 Å². The summed E-state index contributed by atoms with van der Waals surface area (Å²) in [5.74, 6) is 0.533. The standard InChI is InChI=1S/C26H23N3O4S/c1-15-11-16(2)22(17(3)12-15)27-21(30)14-34-26-28-23-19-8-4-5-9-20(19)33-24(23)25(31)29(26)13-18-7-6-10-32-18/h4-12H,13-14H2,1-3H3,(H,27,30). The molecule has 3 aromatic heterocycles. The van der Waals surface area contributed by atoms with Crippen LogP contribution in [0.15, 0.2) is 73.6 Å². The predicted octanol–water partition coefficient (Wildman–Crippen LogP) is 5.44. The fourth-order valence-corrected chi connectivity index (χ4v) is 4.94. The van der Waals surface area contributed by atoms with Crippen LogP contribution in [0.2, 0.25) is 0 Å². The third-order valence-corrected chi connectivity index (χ3v) is 6.59. The van der Waals surface area contributed by atoms with Gasteiger partial charge in [-0.15, -0.1) is 0 Å². The highest BCUT2D eigenvalue weighted by Gasteiger charge is 2.20. The van der Waals surface area contributed by atoms with Crippen molar-refractivity contribution in [1.82, 2.24) is 9.55 Å². The molecule has 0 radical (unpaired) electrons. The maximum Gasteiger partial charge on any atom is 0.298 e. The Morgan fingerprint density at radius 1 is 1.09 bits per heavy atom. The third kappa shape index (κ3) is 4.12. The van der Waals surface area contributed by atoms with Crippen LogP contribution in [-0.4, -0.2) is 21.2 Å². The Balaban J connectivity index is 1.49. The molecule has 0 fully saturated rings. The van der Waals surface area contributed by atoms with Gasteiger partial charge in [0.05, 0.1) is 18.6 Å². The molecule has 0 aliphatic rings.